The SMILES string of the molecule is O=C1/C(=C/c2ccco2)Oc2cc(O)ccc21. The van der Waals surface area contributed by atoms with Crippen molar-refractivity contribution in [3.8, 4) is 11.5 Å². The predicted molar refractivity (Wildman–Crippen MR) is 59.8 cm³/mol. The van der Waals surface area contributed by atoms with Gasteiger partial charge in [0.1, 0.15) is 17.3 Å². The van der Waals surface area contributed by atoms with E-state index < -0.39 is 0 Å². The van der Waals surface area contributed by atoms with Crippen molar-refractivity contribution < 1.29 is 19.1 Å². The number of furan rings is 1. The lowest BCUT2D eigenvalue weighted by Gasteiger charge is -1.97. The zero-order chi connectivity index (χ0) is 11.8. The van der Waals surface area contributed by atoms with Gasteiger partial charge in [0.25, 0.3) is 0 Å². The van der Waals surface area contributed by atoms with Crippen LogP contribution >= 0.6 is 0 Å². The summed E-state index contributed by atoms with van der Waals surface area (Å²) >= 11 is 0. The Morgan fingerprint density at radius 2 is 2.12 bits per heavy atom. The highest BCUT2D eigenvalue weighted by Crippen LogP contribution is 2.34. The number of aromatic hydroxyl groups is 1. The van der Waals surface area contributed by atoms with Gasteiger partial charge in [-0.3, -0.25) is 4.79 Å². The highest BCUT2D eigenvalue weighted by Gasteiger charge is 2.27. The molecule has 1 aliphatic heterocycles. The number of rotatable bonds is 1. The number of benzene rings is 1. The molecule has 0 fully saturated rings. The summed E-state index contributed by atoms with van der Waals surface area (Å²) < 4.78 is 10.5. The molecular formula is C13H8O4. The van der Waals surface area contributed by atoms with Crippen molar-refractivity contribution in [2.45, 2.75) is 0 Å². The first kappa shape index (κ1) is 9.72. The van der Waals surface area contributed by atoms with Crippen molar-refractivity contribution in [2.75, 3.05) is 0 Å². The van der Waals surface area contributed by atoms with E-state index in [9.17, 15) is 9.90 Å². The van der Waals surface area contributed by atoms with Crippen LogP contribution in [0.1, 0.15) is 16.1 Å². The van der Waals surface area contributed by atoms with Crippen LogP contribution in [0.4, 0.5) is 0 Å². The first-order valence-corrected chi connectivity index (χ1v) is 5.05. The highest BCUT2D eigenvalue weighted by atomic mass is 16.5. The van der Waals surface area contributed by atoms with Crippen molar-refractivity contribution in [1.29, 1.82) is 0 Å². The lowest BCUT2D eigenvalue weighted by molar-refractivity contribution is 0.101. The summed E-state index contributed by atoms with van der Waals surface area (Å²) in [6.07, 6.45) is 3.05. The molecule has 0 amide bonds. The van der Waals surface area contributed by atoms with Crippen LogP contribution in [0, 0.1) is 0 Å². The van der Waals surface area contributed by atoms with Crippen molar-refractivity contribution in [1.82, 2.24) is 0 Å². The van der Waals surface area contributed by atoms with Gasteiger partial charge >= 0.3 is 0 Å². The third-order valence-corrected chi connectivity index (χ3v) is 2.47. The van der Waals surface area contributed by atoms with Crippen molar-refractivity contribution in [3.63, 3.8) is 0 Å². The molecule has 0 spiro atoms. The van der Waals surface area contributed by atoms with Gasteiger partial charge in [0.2, 0.25) is 5.78 Å². The van der Waals surface area contributed by atoms with Crippen LogP contribution in [0.25, 0.3) is 6.08 Å². The standard InChI is InChI=1S/C13H8O4/c14-8-3-4-10-11(6-8)17-12(13(10)15)7-9-2-1-5-16-9/h1-7,14H/b12-7-. The number of phenols is 1. The number of allylic oxidation sites excluding steroid dienone is 1. The van der Waals surface area contributed by atoms with E-state index in [1.54, 1.807) is 12.1 Å². The second-order valence-electron chi connectivity index (χ2n) is 3.64. The van der Waals surface area contributed by atoms with E-state index in [0.717, 1.165) is 0 Å². The maximum Gasteiger partial charge on any atom is 0.232 e. The maximum atomic E-state index is 11.9. The average Bonchev–Trinajstić information content (AvgIpc) is 2.89. The molecule has 4 nitrogen and oxygen atoms in total. The van der Waals surface area contributed by atoms with Gasteiger partial charge in [0.15, 0.2) is 5.76 Å². The minimum Gasteiger partial charge on any atom is -0.508 e. The van der Waals surface area contributed by atoms with Crippen LogP contribution < -0.4 is 4.74 Å². The highest BCUT2D eigenvalue weighted by molar-refractivity contribution is 6.14. The molecule has 3 rings (SSSR count). The zero-order valence-electron chi connectivity index (χ0n) is 8.71. The third-order valence-electron chi connectivity index (χ3n) is 2.47. The van der Waals surface area contributed by atoms with Crippen molar-refractivity contribution >= 4 is 11.9 Å². The van der Waals surface area contributed by atoms with E-state index in [-0.39, 0.29) is 17.3 Å². The van der Waals surface area contributed by atoms with Gasteiger partial charge in [-0.05, 0) is 24.3 Å². The number of hydrogen-bond acceptors (Lipinski definition) is 4. The number of phenolic OH excluding ortho intramolecular Hbond substituents is 1. The molecule has 4 heteroatoms. The molecule has 0 aliphatic carbocycles. The molecule has 0 atom stereocenters. The summed E-state index contributed by atoms with van der Waals surface area (Å²) in [7, 11) is 0. The summed E-state index contributed by atoms with van der Waals surface area (Å²) in [6, 6.07) is 7.86. The van der Waals surface area contributed by atoms with Gasteiger partial charge < -0.3 is 14.3 Å². The molecule has 1 N–H and O–H groups in total. The summed E-state index contributed by atoms with van der Waals surface area (Å²) in [5, 5.41) is 9.30. The monoisotopic (exact) mass is 228 g/mol. The summed E-state index contributed by atoms with van der Waals surface area (Å²) in [5.74, 6) is 0.964. The van der Waals surface area contributed by atoms with Crippen LogP contribution in [-0.2, 0) is 0 Å². The molecule has 2 heterocycles. The number of ether oxygens (including phenoxy) is 1. The van der Waals surface area contributed by atoms with Crippen LogP contribution in [0.5, 0.6) is 11.5 Å². The molecule has 2 aromatic rings. The number of Topliss-reactive ketones (excluding diaryl/α,β-unsaturated/α-hetero) is 1. The molecule has 0 saturated carbocycles. The quantitative estimate of drug-likeness (QED) is 0.762. The normalized spacial score (nSPS) is 16.0. The summed E-state index contributed by atoms with van der Waals surface area (Å²) in [5.41, 5.74) is 0.445. The van der Waals surface area contributed by atoms with Crippen LogP contribution in [0.15, 0.2) is 46.8 Å². The minimum atomic E-state index is -0.212. The number of ketones is 1. The van der Waals surface area contributed by atoms with Gasteiger partial charge in [-0.2, -0.15) is 0 Å². The molecule has 1 aromatic heterocycles. The Morgan fingerprint density at radius 3 is 2.88 bits per heavy atom. The van der Waals surface area contributed by atoms with E-state index in [2.05, 4.69) is 0 Å². The summed E-state index contributed by atoms with van der Waals surface area (Å²) in [6.45, 7) is 0. The Hall–Kier alpha value is -2.49. The zero-order valence-corrected chi connectivity index (χ0v) is 8.71. The molecule has 17 heavy (non-hydrogen) atoms. The topological polar surface area (TPSA) is 59.7 Å². The number of fused-ring (bicyclic) bond motifs is 1. The Kier molecular flexibility index (Phi) is 2.01. The maximum absolute atomic E-state index is 11.9. The Labute approximate surface area is 96.8 Å². The number of hydrogen-bond donors (Lipinski definition) is 1. The van der Waals surface area contributed by atoms with Crippen molar-refractivity contribution in [2.24, 2.45) is 0 Å². The average molecular weight is 228 g/mol. The van der Waals surface area contributed by atoms with Gasteiger partial charge in [-0.25, -0.2) is 0 Å². The fourth-order valence-corrected chi connectivity index (χ4v) is 1.68. The molecule has 84 valence electrons. The predicted octanol–water partition coefficient (Wildman–Crippen LogP) is 2.60. The largest absolute Gasteiger partial charge is 0.508 e. The lowest BCUT2D eigenvalue weighted by atomic mass is 10.1. The first-order valence-electron chi connectivity index (χ1n) is 5.05. The first-order chi connectivity index (χ1) is 8.24. The minimum absolute atomic E-state index is 0.0656. The lowest BCUT2D eigenvalue weighted by Crippen LogP contribution is -1.97. The van der Waals surface area contributed by atoms with Crippen molar-refractivity contribution in [3.05, 3.63) is 53.7 Å². The molecular weight excluding hydrogens is 220 g/mol. The molecule has 0 bridgehead atoms. The fourth-order valence-electron chi connectivity index (χ4n) is 1.68. The Balaban J connectivity index is 2.02. The van der Waals surface area contributed by atoms with Gasteiger partial charge in [0, 0.05) is 12.1 Å². The van der Waals surface area contributed by atoms with E-state index >= 15 is 0 Å². The molecule has 1 aliphatic rings. The van der Waals surface area contributed by atoms with Gasteiger partial charge in [-0.1, -0.05) is 0 Å². The van der Waals surface area contributed by atoms with E-state index in [1.165, 1.54) is 30.5 Å². The Morgan fingerprint density at radius 1 is 1.24 bits per heavy atom. The molecule has 1 aromatic carbocycles. The van der Waals surface area contributed by atoms with Gasteiger partial charge in [0.05, 0.1) is 11.8 Å². The van der Waals surface area contributed by atoms with Crippen LogP contribution in [-0.4, -0.2) is 10.9 Å². The molecule has 0 unspecified atom stereocenters. The van der Waals surface area contributed by atoms with Crippen LogP contribution in [0.2, 0.25) is 0 Å². The van der Waals surface area contributed by atoms with E-state index in [0.29, 0.717) is 17.1 Å². The number of carbonyl (C=O) groups excluding carboxylic acids is 1. The van der Waals surface area contributed by atoms with E-state index in [4.69, 9.17) is 9.15 Å². The fraction of sp³-hybridized carbons (Fsp3) is 0. The second kappa shape index (κ2) is 3.52. The smallest absolute Gasteiger partial charge is 0.232 e. The van der Waals surface area contributed by atoms with Gasteiger partial charge in [-0.15, -0.1) is 0 Å². The number of carbonyl (C=O) groups is 1. The second-order valence-corrected chi connectivity index (χ2v) is 3.64. The molecule has 0 radical (unpaired) electrons. The van der Waals surface area contributed by atoms with E-state index in [1.807, 2.05) is 0 Å². The third kappa shape index (κ3) is 1.59. The molecule has 0 saturated heterocycles. The Bertz CT molecular complexity index is 608. The van der Waals surface area contributed by atoms with Crippen LogP contribution in [0.3, 0.4) is 0 Å². The summed E-state index contributed by atoms with van der Waals surface area (Å²) in [4.78, 5) is 11.9.